The number of amides is 1. The van der Waals surface area contributed by atoms with Crippen LogP contribution in [0.1, 0.15) is 44.9 Å². The number of carbonyl (C=O) groups excluding carboxylic acids is 1. The number of carbonyl (C=O) groups is 1. The summed E-state index contributed by atoms with van der Waals surface area (Å²) in [6.07, 6.45) is 7.25. The van der Waals surface area contributed by atoms with Crippen LogP contribution in [0, 0.1) is 0 Å². The Bertz CT molecular complexity index is 714. The monoisotopic (exact) mass is 370 g/mol. The summed E-state index contributed by atoms with van der Waals surface area (Å²) in [5, 5.41) is 7.37. The van der Waals surface area contributed by atoms with Crippen LogP contribution < -0.4 is 10.6 Å². The van der Waals surface area contributed by atoms with Gasteiger partial charge in [-0.3, -0.25) is 9.79 Å². The van der Waals surface area contributed by atoms with Gasteiger partial charge in [0.25, 0.3) is 0 Å². The van der Waals surface area contributed by atoms with Crippen molar-refractivity contribution in [1.82, 2.24) is 4.90 Å². The van der Waals surface area contributed by atoms with Gasteiger partial charge in [0.2, 0.25) is 5.91 Å². The second kappa shape index (κ2) is 7.89. The molecule has 2 heterocycles. The van der Waals surface area contributed by atoms with E-state index < -0.39 is 0 Å². The van der Waals surface area contributed by atoms with Crippen LogP contribution in [-0.2, 0) is 9.53 Å². The fraction of sp³-hybridized carbons (Fsp3) is 0.619. The van der Waals surface area contributed by atoms with Crippen LogP contribution >= 0.6 is 0 Å². The summed E-state index contributed by atoms with van der Waals surface area (Å²) in [6, 6.07) is 8.67. The number of methoxy groups -OCH3 is 1. The average Bonchev–Trinajstić information content (AvgIpc) is 3.20. The molecule has 27 heavy (non-hydrogen) atoms. The van der Waals surface area contributed by atoms with Crippen molar-refractivity contribution < 1.29 is 9.53 Å². The summed E-state index contributed by atoms with van der Waals surface area (Å²) in [4.78, 5) is 19.8. The standard InChI is InChI=1S/C21H30N4O2/c1-27-14-11-19(26)25-13-6-12-21(15-25)20(22-16-7-2-3-8-16)23-17-9-4-5-10-18(17)24-21/h4-5,9-10,16,24H,2-3,6-8,11-15H2,1H3,(H,22,23). The number of hydrogen-bond acceptors (Lipinski definition) is 4. The zero-order chi connectivity index (χ0) is 18.7. The van der Waals surface area contributed by atoms with Crippen LogP contribution in [0.2, 0.25) is 0 Å². The van der Waals surface area contributed by atoms with Gasteiger partial charge in [-0.1, -0.05) is 25.0 Å². The molecule has 1 saturated carbocycles. The number of nitrogens with zero attached hydrogens (tertiary/aromatic N) is 2. The number of anilines is 2. The van der Waals surface area contributed by atoms with E-state index in [1.54, 1.807) is 7.11 Å². The molecule has 1 amide bonds. The maximum absolute atomic E-state index is 12.6. The second-order valence-electron chi connectivity index (χ2n) is 7.96. The van der Waals surface area contributed by atoms with E-state index in [0.29, 0.717) is 25.6 Å². The molecule has 1 aromatic carbocycles. The number of nitrogens with one attached hydrogen (secondary N) is 2. The molecule has 1 aromatic rings. The van der Waals surface area contributed by atoms with Crippen molar-refractivity contribution in [2.24, 2.45) is 4.99 Å². The Morgan fingerprint density at radius 2 is 2.04 bits per heavy atom. The fourth-order valence-electron chi connectivity index (χ4n) is 4.55. The summed E-state index contributed by atoms with van der Waals surface area (Å²) in [5.74, 6) is 1.18. The first-order valence-electron chi connectivity index (χ1n) is 10.2. The second-order valence-corrected chi connectivity index (χ2v) is 7.96. The number of benzene rings is 1. The molecule has 6 heteroatoms. The average molecular weight is 370 g/mol. The van der Waals surface area contributed by atoms with Gasteiger partial charge in [0, 0.05) is 13.7 Å². The number of amidine groups is 1. The van der Waals surface area contributed by atoms with Gasteiger partial charge in [-0.15, -0.1) is 0 Å². The minimum absolute atomic E-state index is 0.164. The quantitative estimate of drug-likeness (QED) is 0.854. The third kappa shape index (κ3) is 3.81. The summed E-state index contributed by atoms with van der Waals surface area (Å²) in [7, 11) is 1.64. The summed E-state index contributed by atoms with van der Waals surface area (Å²) in [5.41, 5.74) is 1.84. The lowest BCUT2D eigenvalue weighted by Crippen LogP contribution is -2.62. The number of aliphatic imine (C=N–C) groups is 1. The minimum atomic E-state index is -0.322. The number of hydrogen-bond donors (Lipinski definition) is 2. The molecule has 0 radical (unpaired) electrons. The van der Waals surface area contributed by atoms with Gasteiger partial charge in [-0.2, -0.15) is 0 Å². The van der Waals surface area contributed by atoms with Crippen LogP contribution in [-0.4, -0.2) is 55.0 Å². The summed E-state index contributed by atoms with van der Waals surface area (Å²) in [6.45, 7) is 1.94. The van der Waals surface area contributed by atoms with E-state index in [2.05, 4.69) is 22.8 Å². The molecule has 0 bridgehead atoms. The Labute approximate surface area is 161 Å². The highest BCUT2D eigenvalue weighted by molar-refractivity contribution is 6.10. The minimum Gasteiger partial charge on any atom is -0.384 e. The molecule has 1 aliphatic carbocycles. The molecule has 2 aliphatic heterocycles. The van der Waals surface area contributed by atoms with Gasteiger partial charge in [-0.25, -0.2) is 0 Å². The molecule has 3 aliphatic rings. The highest BCUT2D eigenvalue weighted by Gasteiger charge is 2.44. The van der Waals surface area contributed by atoms with E-state index in [1.165, 1.54) is 25.7 Å². The Kier molecular flexibility index (Phi) is 5.34. The van der Waals surface area contributed by atoms with E-state index >= 15 is 0 Å². The smallest absolute Gasteiger partial charge is 0.224 e. The van der Waals surface area contributed by atoms with Crippen molar-refractivity contribution in [2.45, 2.75) is 56.5 Å². The van der Waals surface area contributed by atoms with Crippen molar-refractivity contribution in [1.29, 1.82) is 0 Å². The zero-order valence-corrected chi connectivity index (χ0v) is 16.2. The Hall–Kier alpha value is -2.08. The Morgan fingerprint density at radius 1 is 1.26 bits per heavy atom. The van der Waals surface area contributed by atoms with Crippen molar-refractivity contribution in [3.8, 4) is 0 Å². The predicted molar refractivity (Wildman–Crippen MR) is 108 cm³/mol. The lowest BCUT2D eigenvalue weighted by atomic mass is 9.84. The maximum atomic E-state index is 12.6. The highest BCUT2D eigenvalue weighted by atomic mass is 16.5. The van der Waals surface area contributed by atoms with E-state index in [0.717, 1.165) is 36.6 Å². The molecule has 1 unspecified atom stereocenters. The van der Waals surface area contributed by atoms with Gasteiger partial charge in [-0.05, 0) is 37.8 Å². The Morgan fingerprint density at radius 3 is 2.81 bits per heavy atom. The molecular formula is C21H30N4O2. The molecule has 2 N–H and O–H groups in total. The molecule has 6 nitrogen and oxygen atoms in total. The van der Waals surface area contributed by atoms with Crippen LogP contribution in [0.25, 0.3) is 0 Å². The maximum Gasteiger partial charge on any atom is 0.224 e. The van der Waals surface area contributed by atoms with Crippen LogP contribution in [0.4, 0.5) is 11.4 Å². The van der Waals surface area contributed by atoms with E-state index in [1.807, 2.05) is 17.0 Å². The largest absolute Gasteiger partial charge is 0.384 e. The van der Waals surface area contributed by atoms with Crippen LogP contribution in [0.3, 0.4) is 0 Å². The number of rotatable bonds is 4. The molecule has 1 atom stereocenters. The van der Waals surface area contributed by atoms with Gasteiger partial charge in [0.05, 0.1) is 37.0 Å². The fourth-order valence-corrected chi connectivity index (χ4v) is 4.55. The molecule has 0 aromatic heterocycles. The first kappa shape index (κ1) is 18.3. The highest BCUT2D eigenvalue weighted by Crippen LogP contribution is 2.37. The predicted octanol–water partition coefficient (Wildman–Crippen LogP) is 3.26. The molecule has 146 valence electrons. The molecule has 4 rings (SSSR count). The van der Waals surface area contributed by atoms with Crippen LogP contribution in [0.15, 0.2) is 29.3 Å². The topological polar surface area (TPSA) is 66.0 Å². The SMILES string of the molecule is COCCC(=O)N1CCCC2(C1)Nc1ccccc1NC2=NC1CCCC1. The number of ether oxygens (including phenoxy) is 1. The molecule has 2 fully saturated rings. The zero-order valence-electron chi connectivity index (χ0n) is 16.2. The van der Waals surface area contributed by atoms with Crippen molar-refractivity contribution in [2.75, 3.05) is 37.4 Å². The van der Waals surface area contributed by atoms with E-state index in [4.69, 9.17) is 9.73 Å². The third-order valence-electron chi connectivity index (χ3n) is 6.01. The van der Waals surface area contributed by atoms with Crippen molar-refractivity contribution in [3.05, 3.63) is 24.3 Å². The normalized spacial score (nSPS) is 26.7. The van der Waals surface area contributed by atoms with Gasteiger partial charge in [0.1, 0.15) is 11.4 Å². The first-order valence-corrected chi connectivity index (χ1v) is 10.2. The molecular weight excluding hydrogens is 340 g/mol. The third-order valence-corrected chi connectivity index (χ3v) is 6.01. The van der Waals surface area contributed by atoms with Crippen molar-refractivity contribution >= 4 is 23.1 Å². The number of fused-ring (bicyclic) bond motifs is 1. The summed E-state index contributed by atoms with van der Waals surface area (Å²) < 4.78 is 5.10. The number of likely N-dealkylation sites (tertiary alicyclic amines) is 1. The van der Waals surface area contributed by atoms with Gasteiger partial charge < -0.3 is 20.3 Å². The lowest BCUT2D eigenvalue weighted by Gasteiger charge is -2.47. The van der Waals surface area contributed by atoms with Crippen molar-refractivity contribution in [3.63, 3.8) is 0 Å². The first-order chi connectivity index (χ1) is 13.2. The van der Waals surface area contributed by atoms with E-state index in [-0.39, 0.29) is 11.4 Å². The Balaban J connectivity index is 1.63. The summed E-state index contributed by atoms with van der Waals surface area (Å²) >= 11 is 0. The van der Waals surface area contributed by atoms with Crippen LogP contribution in [0.5, 0.6) is 0 Å². The van der Waals surface area contributed by atoms with Gasteiger partial charge in [0.15, 0.2) is 0 Å². The van der Waals surface area contributed by atoms with E-state index in [9.17, 15) is 4.79 Å². The lowest BCUT2D eigenvalue weighted by molar-refractivity contribution is -0.133. The molecule has 1 spiro atoms. The van der Waals surface area contributed by atoms with Gasteiger partial charge >= 0.3 is 0 Å². The number of piperidine rings is 1. The molecule has 1 saturated heterocycles. The number of para-hydroxylation sites is 2.